The van der Waals surface area contributed by atoms with E-state index < -0.39 is 0 Å². The lowest BCUT2D eigenvalue weighted by Crippen LogP contribution is -2.07. The molecule has 0 heterocycles. The molecule has 76 valence electrons. The highest BCUT2D eigenvalue weighted by Crippen LogP contribution is 2.21. The number of nitrogens with two attached hydrogens (primary N) is 1. The van der Waals surface area contributed by atoms with Gasteiger partial charge in [0.15, 0.2) is 0 Å². The fourth-order valence-electron chi connectivity index (χ4n) is 1.41. The second-order valence-electron chi connectivity index (χ2n) is 3.19. The highest BCUT2D eigenvalue weighted by molar-refractivity contribution is 5.62. The third-order valence-corrected chi connectivity index (χ3v) is 2.19. The summed E-state index contributed by atoms with van der Waals surface area (Å²) in [6.45, 7) is 0.527. The molecule has 1 aromatic carbocycles. The minimum atomic E-state index is -0.361. The molecule has 0 saturated carbocycles. The van der Waals surface area contributed by atoms with Gasteiger partial charge in [-0.05, 0) is 31.0 Å². The Kier molecular flexibility index (Phi) is 4.26. The van der Waals surface area contributed by atoms with Gasteiger partial charge in [-0.25, -0.2) is 4.39 Å². The van der Waals surface area contributed by atoms with Crippen LogP contribution < -0.4 is 5.73 Å². The molecule has 0 radical (unpaired) electrons. The van der Waals surface area contributed by atoms with Crippen molar-refractivity contribution in [2.24, 2.45) is 5.73 Å². The average Bonchev–Trinajstić information content (AvgIpc) is 2.21. The summed E-state index contributed by atoms with van der Waals surface area (Å²) in [5.41, 5.74) is 5.81. The van der Waals surface area contributed by atoms with Crippen molar-refractivity contribution in [1.29, 1.82) is 0 Å². The van der Waals surface area contributed by atoms with Gasteiger partial charge in [0, 0.05) is 5.92 Å². The minimum Gasteiger partial charge on any atom is -0.330 e. The number of aldehydes is 1. The number of carbonyl (C=O) groups is 1. The molecular formula is C11H14FNO. The Morgan fingerprint density at radius 2 is 2.14 bits per heavy atom. The zero-order valence-electron chi connectivity index (χ0n) is 7.95. The normalized spacial score (nSPS) is 12.4. The molecule has 2 N–H and O–H groups in total. The van der Waals surface area contributed by atoms with Crippen LogP contribution in [0.4, 0.5) is 4.39 Å². The third-order valence-electron chi connectivity index (χ3n) is 2.19. The van der Waals surface area contributed by atoms with Gasteiger partial charge in [0.2, 0.25) is 0 Å². The van der Waals surface area contributed by atoms with E-state index in [1.165, 1.54) is 6.07 Å². The summed E-state index contributed by atoms with van der Waals surface area (Å²) in [4.78, 5) is 10.8. The van der Waals surface area contributed by atoms with Gasteiger partial charge >= 0.3 is 0 Å². The Balaban J connectivity index is 2.78. The summed E-state index contributed by atoms with van der Waals surface area (Å²) in [7, 11) is 0. The number of rotatable bonds is 5. The van der Waals surface area contributed by atoms with Crippen LogP contribution >= 0.6 is 0 Å². The number of benzene rings is 1. The largest absolute Gasteiger partial charge is 0.330 e. The molecule has 0 fully saturated rings. The molecule has 0 aliphatic heterocycles. The van der Waals surface area contributed by atoms with Gasteiger partial charge in [0.1, 0.15) is 12.1 Å². The van der Waals surface area contributed by atoms with Crippen molar-refractivity contribution in [3.63, 3.8) is 0 Å². The van der Waals surface area contributed by atoms with Crippen molar-refractivity contribution in [3.8, 4) is 0 Å². The van der Waals surface area contributed by atoms with Crippen molar-refractivity contribution in [2.75, 3.05) is 6.54 Å². The second-order valence-corrected chi connectivity index (χ2v) is 3.19. The van der Waals surface area contributed by atoms with Crippen molar-refractivity contribution in [3.05, 3.63) is 35.6 Å². The zero-order valence-corrected chi connectivity index (χ0v) is 7.95. The van der Waals surface area contributed by atoms with Gasteiger partial charge in [-0.15, -0.1) is 0 Å². The Morgan fingerprint density at radius 1 is 1.43 bits per heavy atom. The van der Waals surface area contributed by atoms with Crippen LogP contribution in [-0.2, 0) is 4.79 Å². The topological polar surface area (TPSA) is 43.1 Å². The third kappa shape index (κ3) is 2.64. The summed E-state index contributed by atoms with van der Waals surface area (Å²) in [5, 5.41) is 0. The Bertz CT molecular complexity index is 301. The quantitative estimate of drug-likeness (QED) is 0.728. The first-order chi connectivity index (χ1) is 6.79. The highest BCUT2D eigenvalue weighted by atomic mass is 19.1. The van der Waals surface area contributed by atoms with Crippen molar-refractivity contribution in [1.82, 2.24) is 0 Å². The lowest BCUT2D eigenvalue weighted by Gasteiger charge is -2.10. The van der Waals surface area contributed by atoms with Gasteiger partial charge < -0.3 is 10.5 Å². The lowest BCUT2D eigenvalue weighted by molar-refractivity contribution is -0.109. The first-order valence-electron chi connectivity index (χ1n) is 4.69. The van der Waals surface area contributed by atoms with E-state index >= 15 is 0 Å². The molecule has 3 heteroatoms. The van der Waals surface area contributed by atoms with E-state index in [4.69, 9.17) is 5.73 Å². The highest BCUT2D eigenvalue weighted by Gasteiger charge is 2.13. The van der Waals surface area contributed by atoms with Crippen LogP contribution in [0.25, 0.3) is 0 Å². The van der Waals surface area contributed by atoms with Gasteiger partial charge in [0.05, 0.1) is 0 Å². The lowest BCUT2D eigenvalue weighted by atomic mass is 9.95. The van der Waals surface area contributed by atoms with Crippen LogP contribution in [0.3, 0.4) is 0 Å². The van der Waals surface area contributed by atoms with Gasteiger partial charge in [-0.1, -0.05) is 18.2 Å². The fourth-order valence-corrected chi connectivity index (χ4v) is 1.41. The molecule has 1 unspecified atom stereocenters. The van der Waals surface area contributed by atoms with E-state index in [1.807, 2.05) is 0 Å². The summed E-state index contributed by atoms with van der Waals surface area (Å²) >= 11 is 0. The van der Waals surface area contributed by atoms with Crippen LogP contribution in [0, 0.1) is 5.82 Å². The Labute approximate surface area is 82.9 Å². The molecule has 14 heavy (non-hydrogen) atoms. The van der Waals surface area contributed by atoms with Crippen LogP contribution in [0.1, 0.15) is 24.3 Å². The van der Waals surface area contributed by atoms with Crippen molar-refractivity contribution < 1.29 is 9.18 Å². The molecule has 0 aliphatic carbocycles. The standard InChI is InChI=1S/C11H14FNO/c12-11-6-2-1-5-10(11)9(8-14)4-3-7-13/h1-2,5-6,8-9H,3-4,7,13H2. The maximum Gasteiger partial charge on any atom is 0.127 e. The Hall–Kier alpha value is -1.22. The predicted octanol–water partition coefficient (Wildman–Crippen LogP) is 1.85. The van der Waals surface area contributed by atoms with Crippen LogP contribution in [-0.4, -0.2) is 12.8 Å². The molecular weight excluding hydrogens is 181 g/mol. The van der Waals surface area contributed by atoms with E-state index in [-0.39, 0.29) is 11.7 Å². The smallest absolute Gasteiger partial charge is 0.127 e. The van der Waals surface area contributed by atoms with E-state index in [1.54, 1.807) is 18.2 Å². The summed E-state index contributed by atoms with van der Waals surface area (Å²) in [6.07, 6.45) is 2.13. The maximum atomic E-state index is 13.3. The van der Waals surface area contributed by atoms with E-state index in [2.05, 4.69) is 0 Å². The molecule has 0 aromatic heterocycles. The molecule has 0 aliphatic rings. The molecule has 1 atom stereocenters. The van der Waals surface area contributed by atoms with Crippen LogP contribution in [0.5, 0.6) is 0 Å². The minimum absolute atomic E-state index is 0.318. The molecule has 0 spiro atoms. The van der Waals surface area contributed by atoms with E-state index in [9.17, 15) is 9.18 Å². The number of hydrogen-bond donors (Lipinski definition) is 1. The Morgan fingerprint density at radius 3 is 2.71 bits per heavy atom. The first-order valence-corrected chi connectivity index (χ1v) is 4.69. The van der Waals surface area contributed by atoms with Crippen LogP contribution in [0.2, 0.25) is 0 Å². The van der Waals surface area contributed by atoms with Gasteiger partial charge in [0.25, 0.3) is 0 Å². The predicted molar refractivity (Wildman–Crippen MR) is 53.5 cm³/mol. The number of hydrogen-bond acceptors (Lipinski definition) is 2. The maximum absolute atomic E-state index is 13.3. The van der Waals surface area contributed by atoms with Gasteiger partial charge in [-0.3, -0.25) is 0 Å². The molecule has 1 aromatic rings. The molecule has 0 saturated heterocycles. The van der Waals surface area contributed by atoms with E-state index in [0.717, 1.165) is 12.7 Å². The van der Waals surface area contributed by atoms with Crippen LogP contribution in [0.15, 0.2) is 24.3 Å². The summed E-state index contributed by atoms with van der Waals surface area (Å²) in [5.74, 6) is -0.679. The summed E-state index contributed by atoms with van der Waals surface area (Å²) < 4.78 is 13.3. The number of halogens is 1. The monoisotopic (exact) mass is 195 g/mol. The van der Waals surface area contributed by atoms with Crippen molar-refractivity contribution >= 4 is 6.29 Å². The molecule has 1 rings (SSSR count). The SMILES string of the molecule is NCCCC(C=O)c1ccccc1F. The average molecular weight is 195 g/mol. The van der Waals surface area contributed by atoms with Crippen molar-refractivity contribution in [2.45, 2.75) is 18.8 Å². The molecule has 2 nitrogen and oxygen atoms in total. The fraction of sp³-hybridized carbons (Fsp3) is 0.364. The first kappa shape index (κ1) is 10.9. The summed E-state index contributed by atoms with van der Waals surface area (Å²) in [6, 6.07) is 6.36. The second kappa shape index (κ2) is 5.50. The molecule has 0 bridgehead atoms. The zero-order chi connectivity index (χ0) is 10.4. The molecule has 0 amide bonds. The number of carbonyl (C=O) groups excluding carboxylic acids is 1. The van der Waals surface area contributed by atoms with E-state index in [0.29, 0.717) is 18.5 Å². The van der Waals surface area contributed by atoms with Gasteiger partial charge in [-0.2, -0.15) is 0 Å².